The van der Waals surface area contributed by atoms with E-state index < -0.39 is 11.1 Å². The molecule has 1 saturated heterocycles. The molecule has 47 heavy (non-hydrogen) atoms. The van der Waals surface area contributed by atoms with Crippen molar-refractivity contribution in [2.75, 3.05) is 92.1 Å². The maximum atomic E-state index is 12.9. The van der Waals surface area contributed by atoms with Crippen LogP contribution in [0.4, 0.5) is 0 Å². The number of hydrogen-bond acceptors (Lipinski definition) is 12. The van der Waals surface area contributed by atoms with E-state index in [2.05, 4.69) is 4.90 Å². The molecule has 12 nitrogen and oxygen atoms in total. The van der Waals surface area contributed by atoms with Crippen molar-refractivity contribution in [3.63, 3.8) is 0 Å². The molecule has 1 aliphatic rings. The molecule has 2 aromatic rings. The number of ketones is 2. The van der Waals surface area contributed by atoms with Crippen molar-refractivity contribution in [1.29, 1.82) is 0 Å². The number of nitrogens with zero attached hydrogens (tertiary/aromatic N) is 3. The third-order valence-electron chi connectivity index (χ3n) is 7.99. The van der Waals surface area contributed by atoms with Crippen molar-refractivity contribution in [3.8, 4) is 5.75 Å². The normalized spacial score (nSPS) is 14.2. The second kappa shape index (κ2) is 20.6. The fraction of sp³-hybridized carbons (Fsp3) is 0.600. The fourth-order valence-corrected chi connectivity index (χ4v) is 5.16. The Morgan fingerprint density at radius 2 is 1.19 bits per heavy atom. The van der Waals surface area contributed by atoms with Gasteiger partial charge in [-0.3, -0.25) is 24.3 Å². The van der Waals surface area contributed by atoms with E-state index in [0.29, 0.717) is 76.0 Å². The zero-order chi connectivity index (χ0) is 34.9. The zero-order valence-electron chi connectivity index (χ0n) is 28.4. The smallest absolute Gasteiger partial charge is 0.193 e. The third kappa shape index (κ3) is 13.7. The van der Waals surface area contributed by atoms with Gasteiger partial charge in [-0.2, -0.15) is 0 Å². The summed E-state index contributed by atoms with van der Waals surface area (Å²) < 4.78 is 11.0. The highest BCUT2D eigenvalue weighted by Gasteiger charge is 2.35. The van der Waals surface area contributed by atoms with Crippen LogP contribution in [0.15, 0.2) is 48.5 Å². The summed E-state index contributed by atoms with van der Waals surface area (Å²) in [5.74, 6) is 0.403. The minimum absolute atomic E-state index is 0.0355. The Labute approximate surface area is 279 Å². The molecule has 12 heteroatoms. The van der Waals surface area contributed by atoms with Gasteiger partial charge in [-0.1, -0.05) is 24.3 Å². The molecule has 0 aromatic heterocycles. The van der Waals surface area contributed by atoms with Crippen LogP contribution in [0.2, 0.25) is 0 Å². The summed E-state index contributed by atoms with van der Waals surface area (Å²) in [7, 11) is 0. The van der Waals surface area contributed by atoms with Crippen molar-refractivity contribution >= 4 is 11.6 Å². The second-order valence-corrected chi connectivity index (χ2v) is 12.5. The molecule has 1 fully saturated rings. The Kier molecular flexibility index (Phi) is 17.7. The lowest BCUT2D eigenvalue weighted by atomic mass is 9.90. The van der Waals surface area contributed by atoms with E-state index in [-0.39, 0.29) is 38.0 Å². The number of benzene rings is 2. The molecule has 0 aliphatic carbocycles. The van der Waals surface area contributed by atoms with E-state index in [4.69, 9.17) is 29.9 Å². The summed E-state index contributed by atoms with van der Waals surface area (Å²) in [4.78, 5) is 30.9. The summed E-state index contributed by atoms with van der Waals surface area (Å²) in [6.07, 6.45) is 0. The molecule has 264 valence electrons. The van der Waals surface area contributed by atoms with E-state index in [9.17, 15) is 14.7 Å². The van der Waals surface area contributed by atoms with Gasteiger partial charge in [0.1, 0.15) is 18.0 Å². The molecular formula is C35H55N3O9. The summed E-state index contributed by atoms with van der Waals surface area (Å²) >= 11 is 0. The van der Waals surface area contributed by atoms with Crippen LogP contribution in [0.3, 0.4) is 0 Å². The number of carbonyl (C=O) groups excluding carboxylic acids is 2. The van der Waals surface area contributed by atoms with Gasteiger partial charge in [-0.15, -0.1) is 0 Å². The molecule has 2 aromatic carbocycles. The van der Waals surface area contributed by atoms with Crippen LogP contribution < -0.4 is 4.74 Å². The predicted octanol–water partition coefficient (Wildman–Crippen LogP) is 1.07. The van der Waals surface area contributed by atoms with Crippen LogP contribution in [-0.4, -0.2) is 155 Å². The Morgan fingerprint density at radius 3 is 1.68 bits per heavy atom. The average Bonchev–Trinajstić information content (AvgIpc) is 3.05. The largest absolute Gasteiger partial charge is 0.492 e. The first-order valence-electron chi connectivity index (χ1n) is 16.2. The summed E-state index contributed by atoms with van der Waals surface area (Å²) in [6.45, 7) is 13.6. The molecule has 3 rings (SSSR count). The van der Waals surface area contributed by atoms with Gasteiger partial charge in [0, 0.05) is 63.5 Å². The molecule has 0 amide bonds. The first-order chi connectivity index (χ1) is 22.4. The highest BCUT2D eigenvalue weighted by atomic mass is 16.5. The van der Waals surface area contributed by atoms with Crippen molar-refractivity contribution in [2.45, 2.75) is 45.4 Å². The Bertz CT molecular complexity index is 1170. The molecule has 0 unspecified atom stereocenters. The van der Waals surface area contributed by atoms with Crippen molar-refractivity contribution in [1.82, 2.24) is 14.7 Å². The quantitative estimate of drug-likeness (QED) is 0.136. The number of morpholine rings is 1. The van der Waals surface area contributed by atoms with Crippen LogP contribution in [-0.2, 0) is 11.3 Å². The number of carbonyl (C=O) groups is 2. The molecule has 5 N–H and O–H groups in total. The molecular weight excluding hydrogens is 606 g/mol. The number of aliphatic hydroxyl groups is 5. The average molecular weight is 662 g/mol. The lowest BCUT2D eigenvalue weighted by molar-refractivity contribution is -0.00430. The molecule has 0 atom stereocenters. The third-order valence-corrected chi connectivity index (χ3v) is 7.99. The highest BCUT2D eigenvalue weighted by Crippen LogP contribution is 2.22. The molecule has 1 aliphatic heterocycles. The van der Waals surface area contributed by atoms with Crippen molar-refractivity contribution in [2.24, 2.45) is 0 Å². The van der Waals surface area contributed by atoms with E-state index in [1.165, 1.54) is 13.8 Å². The van der Waals surface area contributed by atoms with Crippen LogP contribution in [0.5, 0.6) is 5.75 Å². The topological polar surface area (TPSA) is 163 Å². The van der Waals surface area contributed by atoms with Crippen LogP contribution in [0.25, 0.3) is 0 Å². The zero-order valence-corrected chi connectivity index (χ0v) is 28.4. The van der Waals surface area contributed by atoms with E-state index in [1.807, 2.05) is 47.9 Å². The van der Waals surface area contributed by atoms with E-state index in [1.54, 1.807) is 24.3 Å². The molecule has 0 radical (unpaired) electrons. The molecule has 0 saturated carbocycles. The Hall–Kier alpha value is -2.78. The van der Waals surface area contributed by atoms with Gasteiger partial charge in [0.2, 0.25) is 0 Å². The number of ether oxygens (including phenoxy) is 2. The van der Waals surface area contributed by atoms with Gasteiger partial charge in [0.25, 0.3) is 0 Å². The van der Waals surface area contributed by atoms with Crippen LogP contribution in [0.1, 0.15) is 54.0 Å². The van der Waals surface area contributed by atoms with Gasteiger partial charge in [-0.05, 0) is 57.5 Å². The standard InChI is InChI=1S/C19H30N2O4.C16H25NO5/c1-19(2,21-9-13-25-14-10-21)18(24)17-5-3-16(4-6-17)15-20(7-11-22)8-12-23;1-16(2,21)15(20)13-3-5-14(6-4-13)22-12-9-17(7-10-18)8-11-19/h3-6,22-23H,7-15H2,1-2H3;3-6,18-19,21H,7-12H2,1-2H3. The molecule has 0 spiro atoms. The number of rotatable bonds is 19. The first-order valence-corrected chi connectivity index (χ1v) is 16.2. The molecule has 1 heterocycles. The monoisotopic (exact) mass is 661 g/mol. The highest BCUT2D eigenvalue weighted by molar-refractivity contribution is 6.03. The second-order valence-electron chi connectivity index (χ2n) is 12.5. The summed E-state index contributed by atoms with van der Waals surface area (Å²) in [5.41, 5.74) is 0.253. The summed E-state index contributed by atoms with van der Waals surface area (Å²) in [5, 5.41) is 45.7. The van der Waals surface area contributed by atoms with Crippen LogP contribution in [0, 0.1) is 0 Å². The fourth-order valence-electron chi connectivity index (χ4n) is 5.16. The van der Waals surface area contributed by atoms with Gasteiger partial charge in [0.05, 0.1) is 45.2 Å². The van der Waals surface area contributed by atoms with Crippen LogP contribution >= 0.6 is 0 Å². The molecule has 0 bridgehead atoms. The van der Waals surface area contributed by atoms with Gasteiger partial charge in [0.15, 0.2) is 11.6 Å². The number of aliphatic hydroxyl groups excluding tert-OH is 4. The number of hydrogen-bond donors (Lipinski definition) is 5. The minimum atomic E-state index is -1.39. The lowest BCUT2D eigenvalue weighted by Crippen LogP contribution is -2.54. The van der Waals surface area contributed by atoms with Gasteiger partial charge in [-0.25, -0.2) is 0 Å². The maximum absolute atomic E-state index is 12.9. The predicted molar refractivity (Wildman–Crippen MR) is 180 cm³/mol. The van der Waals surface area contributed by atoms with Crippen molar-refractivity contribution in [3.05, 3.63) is 65.2 Å². The van der Waals surface area contributed by atoms with Gasteiger partial charge >= 0.3 is 0 Å². The maximum Gasteiger partial charge on any atom is 0.193 e. The Morgan fingerprint density at radius 1 is 0.723 bits per heavy atom. The minimum Gasteiger partial charge on any atom is -0.492 e. The lowest BCUT2D eigenvalue weighted by Gasteiger charge is -2.39. The number of Topliss-reactive ketones (excluding diaryl/α,β-unsaturated/α-hetero) is 2. The van der Waals surface area contributed by atoms with Gasteiger partial charge < -0.3 is 35.0 Å². The van der Waals surface area contributed by atoms with Crippen molar-refractivity contribution < 1.29 is 44.6 Å². The SMILES string of the molecule is CC(C)(C(=O)c1ccc(CN(CCO)CCO)cc1)N1CCOCC1.CC(C)(O)C(=O)c1ccc(OCCN(CCO)CCO)cc1. The van der Waals surface area contributed by atoms with E-state index in [0.717, 1.165) is 18.7 Å². The summed E-state index contributed by atoms with van der Waals surface area (Å²) in [6, 6.07) is 14.2. The Balaban J connectivity index is 0.000000330. The first kappa shape index (κ1) is 40.4. The van der Waals surface area contributed by atoms with E-state index >= 15 is 0 Å².